The van der Waals surface area contributed by atoms with E-state index in [9.17, 15) is 0 Å². The monoisotopic (exact) mass is 284 g/mol. The summed E-state index contributed by atoms with van der Waals surface area (Å²) in [5, 5.41) is 4.16. The second kappa shape index (κ2) is 5.24. The zero-order valence-electron chi connectivity index (χ0n) is 12.0. The highest BCUT2D eigenvalue weighted by molar-refractivity contribution is 5.24. The highest BCUT2D eigenvalue weighted by atomic mass is 16.5. The molecule has 1 aromatic carbocycles. The molecule has 21 heavy (non-hydrogen) atoms. The first-order valence-electron chi connectivity index (χ1n) is 7.70. The van der Waals surface area contributed by atoms with Gasteiger partial charge in [-0.05, 0) is 31.4 Å². The van der Waals surface area contributed by atoms with Gasteiger partial charge < -0.3 is 10.3 Å². The summed E-state index contributed by atoms with van der Waals surface area (Å²) in [5.74, 6) is 1.74. The van der Waals surface area contributed by atoms with Gasteiger partial charge >= 0.3 is 0 Å². The summed E-state index contributed by atoms with van der Waals surface area (Å²) in [5.41, 5.74) is 6.98. The maximum Gasteiger partial charge on any atom is 0.240 e. The minimum absolute atomic E-state index is 0.316. The fourth-order valence-corrected chi connectivity index (χ4v) is 3.95. The Kier molecular flexibility index (Phi) is 3.24. The number of benzene rings is 1. The lowest BCUT2D eigenvalue weighted by molar-refractivity contribution is 0.243. The van der Waals surface area contributed by atoms with Crippen molar-refractivity contribution in [2.45, 2.75) is 43.8 Å². The normalized spacial score (nSPS) is 28.9. The molecule has 0 spiro atoms. The lowest BCUT2D eigenvalue weighted by Gasteiger charge is -2.24. The molecule has 3 heterocycles. The molecule has 5 nitrogen and oxygen atoms in total. The topological polar surface area (TPSA) is 68.2 Å². The molecule has 1 aromatic heterocycles. The van der Waals surface area contributed by atoms with Crippen LogP contribution in [0.15, 0.2) is 34.9 Å². The van der Waals surface area contributed by atoms with Crippen molar-refractivity contribution >= 4 is 0 Å². The van der Waals surface area contributed by atoms with Crippen LogP contribution < -0.4 is 5.73 Å². The van der Waals surface area contributed by atoms with Gasteiger partial charge in [-0.25, -0.2) is 0 Å². The van der Waals surface area contributed by atoms with Crippen molar-refractivity contribution in [1.29, 1.82) is 0 Å². The summed E-state index contributed by atoms with van der Waals surface area (Å²) in [7, 11) is 0. The zero-order valence-corrected chi connectivity index (χ0v) is 12.0. The van der Waals surface area contributed by atoms with Gasteiger partial charge in [0, 0.05) is 18.0 Å². The van der Waals surface area contributed by atoms with E-state index in [1.165, 1.54) is 24.9 Å². The van der Waals surface area contributed by atoms with Gasteiger partial charge in [-0.2, -0.15) is 4.98 Å². The van der Waals surface area contributed by atoms with E-state index in [4.69, 9.17) is 10.3 Å². The number of fused-ring (bicyclic) bond motifs is 1. The molecule has 2 aliphatic heterocycles. The Hall–Kier alpha value is -1.72. The molecule has 0 aliphatic carbocycles. The van der Waals surface area contributed by atoms with Crippen molar-refractivity contribution in [2.75, 3.05) is 6.54 Å². The summed E-state index contributed by atoms with van der Waals surface area (Å²) in [4.78, 5) is 7.09. The SMILES string of the molecule is NCc1nc([C@@H]2C[C@H](c3ccccc3)N3CCC[C@@H]23)no1. The minimum Gasteiger partial charge on any atom is -0.338 e. The molecule has 2 N–H and O–H groups in total. The van der Waals surface area contributed by atoms with E-state index in [1.807, 2.05) is 0 Å². The van der Waals surface area contributed by atoms with Crippen LogP contribution in [0.2, 0.25) is 0 Å². The first kappa shape index (κ1) is 13.0. The molecule has 4 rings (SSSR count). The van der Waals surface area contributed by atoms with Crippen LogP contribution >= 0.6 is 0 Å². The lowest BCUT2D eigenvalue weighted by atomic mass is 9.94. The summed E-state index contributed by atoms with van der Waals surface area (Å²) in [6, 6.07) is 11.8. The van der Waals surface area contributed by atoms with E-state index in [0.29, 0.717) is 30.4 Å². The van der Waals surface area contributed by atoms with Gasteiger partial charge in [-0.1, -0.05) is 35.5 Å². The fraction of sp³-hybridized carbons (Fsp3) is 0.500. The summed E-state index contributed by atoms with van der Waals surface area (Å²) in [6.45, 7) is 1.48. The van der Waals surface area contributed by atoms with Crippen LogP contribution in [-0.2, 0) is 6.54 Å². The van der Waals surface area contributed by atoms with Gasteiger partial charge in [0.15, 0.2) is 5.82 Å². The molecule has 0 bridgehead atoms. The highest BCUT2D eigenvalue weighted by Crippen LogP contribution is 2.48. The van der Waals surface area contributed by atoms with E-state index in [1.54, 1.807) is 0 Å². The maximum atomic E-state index is 5.58. The van der Waals surface area contributed by atoms with Gasteiger partial charge in [0.2, 0.25) is 5.89 Å². The Morgan fingerprint density at radius 2 is 2.14 bits per heavy atom. The lowest BCUT2D eigenvalue weighted by Crippen LogP contribution is -2.27. The number of hydrogen-bond acceptors (Lipinski definition) is 5. The number of nitrogens with zero attached hydrogens (tertiary/aromatic N) is 3. The van der Waals surface area contributed by atoms with Gasteiger partial charge in [-0.3, -0.25) is 4.90 Å². The van der Waals surface area contributed by atoms with E-state index in [2.05, 4.69) is 45.4 Å². The first-order chi connectivity index (χ1) is 10.4. The Morgan fingerprint density at radius 3 is 2.90 bits per heavy atom. The average molecular weight is 284 g/mol. The summed E-state index contributed by atoms with van der Waals surface area (Å²) >= 11 is 0. The van der Waals surface area contributed by atoms with Crippen molar-refractivity contribution in [3.63, 3.8) is 0 Å². The molecular weight excluding hydrogens is 264 g/mol. The van der Waals surface area contributed by atoms with E-state index in [-0.39, 0.29) is 0 Å². The van der Waals surface area contributed by atoms with Gasteiger partial charge in [0.25, 0.3) is 0 Å². The first-order valence-corrected chi connectivity index (χ1v) is 7.70. The molecule has 0 amide bonds. The minimum atomic E-state index is 0.316. The molecule has 0 unspecified atom stereocenters. The third-order valence-electron chi connectivity index (χ3n) is 4.86. The summed E-state index contributed by atoms with van der Waals surface area (Å²) < 4.78 is 5.21. The molecule has 110 valence electrons. The van der Waals surface area contributed by atoms with E-state index in [0.717, 1.165) is 12.2 Å². The number of aromatic nitrogens is 2. The second-order valence-electron chi connectivity index (χ2n) is 5.97. The molecule has 5 heteroatoms. The van der Waals surface area contributed by atoms with Crippen molar-refractivity contribution < 1.29 is 4.52 Å². The van der Waals surface area contributed by atoms with Gasteiger partial charge in [0.1, 0.15) is 0 Å². The van der Waals surface area contributed by atoms with Crippen molar-refractivity contribution in [2.24, 2.45) is 5.73 Å². The maximum absolute atomic E-state index is 5.58. The van der Waals surface area contributed by atoms with Crippen LogP contribution in [0.5, 0.6) is 0 Å². The van der Waals surface area contributed by atoms with Crippen LogP contribution in [0, 0.1) is 0 Å². The molecule has 0 saturated carbocycles. The fourth-order valence-electron chi connectivity index (χ4n) is 3.95. The average Bonchev–Trinajstić information content (AvgIpc) is 3.23. The van der Waals surface area contributed by atoms with Crippen LogP contribution in [0.4, 0.5) is 0 Å². The molecule has 3 atom stereocenters. The largest absolute Gasteiger partial charge is 0.338 e. The predicted octanol–water partition coefficient (Wildman–Crippen LogP) is 2.22. The molecule has 2 aromatic rings. The molecule has 2 aliphatic rings. The smallest absolute Gasteiger partial charge is 0.240 e. The van der Waals surface area contributed by atoms with Gasteiger partial charge in [-0.15, -0.1) is 0 Å². The number of hydrogen-bond donors (Lipinski definition) is 1. The zero-order chi connectivity index (χ0) is 14.2. The van der Waals surface area contributed by atoms with E-state index >= 15 is 0 Å². The Bertz CT molecular complexity index is 612. The van der Waals surface area contributed by atoms with Gasteiger partial charge in [0.05, 0.1) is 6.54 Å². The van der Waals surface area contributed by atoms with Crippen LogP contribution in [0.1, 0.15) is 48.5 Å². The third kappa shape index (κ3) is 2.17. The standard InChI is InChI=1S/C16H20N4O/c17-10-15-18-16(19-21-15)12-9-14(11-5-2-1-3-6-11)20-8-4-7-13(12)20/h1-3,5-6,12-14H,4,7-10,17H2/t12-,13+,14-/m1/s1. The number of nitrogens with two attached hydrogens (primary N) is 1. The summed E-state index contributed by atoms with van der Waals surface area (Å²) in [6.07, 6.45) is 3.55. The van der Waals surface area contributed by atoms with Crippen LogP contribution in [0.25, 0.3) is 0 Å². The predicted molar refractivity (Wildman–Crippen MR) is 78.5 cm³/mol. The van der Waals surface area contributed by atoms with Crippen molar-refractivity contribution in [3.8, 4) is 0 Å². The number of rotatable bonds is 3. The van der Waals surface area contributed by atoms with Crippen molar-refractivity contribution in [3.05, 3.63) is 47.6 Å². The quantitative estimate of drug-likeness (QED) is 0.936. The highest BCUT2D eigenvalue weighted by Gasteiger charge is 2.46. The Balaban J connectivity index is 1.64. The van der Waals surface area contributed by atoms with E-state index < -0.39 is 0 Å². The van der Waals surface area contributed by atoms with Crippen molar-refractivity contribution in [1.82, 2.24) is 15.0 Å². The molecule has 0 radical (unpaired) electrons. The third-order valence-corrected chi connectivity index (χ3v) is 4.86. The Labute approximate surface area is 124 Å². The second-order valence-corrected chi connectivity index (χ2v) is 5.97. The molecular formula is C16H20N4O. The molecule has 2 fully saturated rings. The van der Waals surface area contributed by atoms with Crippen LogP contribution in [0.3, 0.4) is 0 Å². The Morgan fingerprint density at radius 1 is 1.29 bits per heavy atom. The van der Waals surface area contributed by atoms with Crippen LogP contribution in [-0.4, -0.2) is 27.6 Å². The molecule has 2 saturated heterocycles.